The molecule has 0 saturated carbocycles. The van der Waals surface area contributed by atoms with Crippen molar-refractivity contribution in [3.63, 3.8) is 0 Å². The van der Waals surface area contributed by atoms with Gasteiger partial charge in [-0.3, -0.25) is 11.3 Å². The molecule has 0 fully saturated rings. The van der Waals surface area contributed by atoms with Crippen LogP contribution in [-0.4, -0.2) is 7.11 Å². The lowest BCUT2D eigenvalue weighted by Crippen LogP contribution is -2.29. The Morgan fingerprint density at radius 3 is 2.70 bits per heavy atom. The molecule has 0 amide bonds. The molecular weight excluding hydrogens is 316 g/mol. The number of hydrazine groups is 1. The molecule has 2 aromatic carbocycles. The second kappa shape index (κ2) is 6.88. The van der Waals surface area contributed by atoms with E-state index < -0.39 is 0 Å². The van der Waals surface area contributed by atoms with E-state index in [1.165, 1.54) is 5.56 Å². The third-order valence-corrected chi connectivity index (χ3v) is 3.86. The minimum absolute atomic E-state index is 0.0544. The van der Waals surface area contributed by atoms with Crippen LogP contribution in [0.4, 0.5) is 0 Å². The molecule has 0 radical (unpaired) electrons. The molecule has 106 valence electrons. The van der Waals surface area contributed by atoms with Gasteiger partial charge in [0.15, 0.2) is 0 Å². The van der Waals surface area contributed by atoms with Crippen LogP contribution in [0.1, 0.15) is 22.7 Å². The lowest BCUT2D eigenvalue weighted by molar-refractivity contribution is 0.410. The summed E-state index contributed by atoms with van der Waals surface area (Å²) in [5, 5.41) is 0. The molecule has 3 N–H and O–H groups in total. The van der Waals surface area contributed by atoms with E-state index in [4.69, 9.17) is 10.6 Å². The zero-order chi connectivity index (χ0) is 14.5. The zero-order valence-electron chi connectivity index (χ0n) is 11.7. The third-order valence-electron chi connectivity index (χ3n) is 3.36. The molecule has 2 rings (SSSR count). The van der Waals surface area contributed by atoms with Crippen LogP contribution in [-0.2, 0) is 6.42 Å². The molecule has 0 heterocycles. The molecule has 2 aromatic rings. The molecule has 3 nitrogen and oxygen atoms in total. The number of hydrogen-bond acceptors (Lipinski definition) is 3. The summed E-state index contributed by atoms with van der Waals surface area (Å²) in [4.78, 5) is 0. The van der Waals surface area contributed by atoms with Gasteiger partial charge >= 0.3 is 0 Å². The van der Waals surface area contributed by atoms with E-state index in [0.29, 0.717) is 0 Å². The van der Waals surface area contributed by atoms with Crippen molar-refractivity contribution in [1.82, 2.24) is 5.43 Å². The number of benzene rings is 2. The highest BCUT2D eigenvalue weighted by atomic mass is 79.9. The maximum atomic E-state index is 5.72. The summed E-state index contributed by atoms with van der Waals surface area (Å²) in [6, 6.07) is 14.5. The van der Waals surface area contributed by atoms with Crippen LogP contribution in [0.25, 0.3) is 0 Å². The Kier molecular flexibility index (Phi) is 5.17. The molecule has 0 saturated heterocycles. The first-order valence-electron chi connectivity index (χ1n) is 6.49. The fraction of sp³-hybridized carbons (Fsp3) is 0.250. The second-order valence-corrected chi connectivity index (χ2v) is 5.70. The van der Waals surface area contributed by atoms with E-state index in [1.807, 2.05) is 25.1 Å². The average molecular weight is 335 g/mol. The molecule has 0 spiro atoms. The maximum absolute atomic E-state index is 5.72. The normalized spacial score (nSPS) is 12.2. The molecule has 0 aliphatic carbocycles. The molecule has 4 heteroatoms. The maximum Gasteiger partial charge on any atom is 0.122 e. The van der Waals surface area contributed by atoms with Gasteiger partial charge < -0.3 is 4.74 Å². The van der Waals surface area contributed by atoms with Gasteiger partial charge in [-0.05, 0) is 48.2 Å². The average Bonchev–Trinajstić information content (AvgIpc) is 2.45. The zero-order valence-corrected chi connectivity index (χ0v) is 13.3. The standard InChI is InChI=1S/C16H19BrN2O/c1-11-6-7-13(10-16(11)20-2)15(19-18)9-12-4-3-5-14(17)8-12/h3-8,10,15,19H,9,18H2,1-2H3. The van der Waals surface area contributed by atoms with E-state index in [1.54, 1.807) is 7.11 Å². The van der Waals surface area contributed by atoms with Gasteiger partial charge in [-0.1, -0.05) is 40.2 Å². The van der Waals surface area contributed by atoms with Crippen LogP contribution in [0.2, 0.25) is 0 Å². The molecular formula is C16H19BrN2O. The van der Waals surface area contributed by atoms with E-state index in [0.717, 1.165) is 27.8 Å². The van der Waals surface area contributed by atoms with Gasteiger partial charge in [0, 0.05) is 4.47 Å². The van der Waals surface area contributed by atoms with Crippen LogP contribution in [0.3, 0.4) is 0 Å². The lowest BCUT2D eigenvalue weighted by atomic mass is 9.98. The van der Waals surface area contributed by atoms with Crippen molar-refractivity contribution < 1.29 is 4.74 Å². The largest absolute Gasteiger partial charge is 0.496 e. The van der Waals surface area contributed by atoms with E-state index in [-0.39, 0.29) is 6.04 Å². The molecule has 0 aliphatic rings. The molecule has 1 unspecified atom stereocenters. The number of ether oxygens (including phenoxy) is 1. The number of methoxy groups -OCH3 is 1. The lowest BCUT2D eigenvalue weighted by Gasteiger charge is -2.18. The highest BCUT2D eigenvalue weighted by molar-refractivity contribution is 9.10. The highest BCUT2D eigenvalue weighted by Gasteiger charge is 2.12. The third kappa shape index (κ3) is 3.60. The van der Waals surface area contributed by atoms with Crippen molar-refractivity contribution in [3.05, 3.63) is 63.6 Å². The van der Waals surface area contributed by atoms with Gasteiger partial charge in [0.05, 0.1) is 13.2 Å². The van der Waals surface area contributed by atoms with Gasteiger partial charge in [0.25, 0.3) is 0 Å². The summed E-state index contributed by atoms with van der Waals surface area (Å²) in [7, 11) is 1.69. The summed E-state index contributed by atoms with van der Waals surface area (Å²) in [5.74, 6) is 6.60. The molecule has 0 bridgehead atoms. The van der Waals surface area contributed by atoms with Gasteiger partial charge in [0.1, 0.15) is 5.75 Å². The van der Waals surface area contributed by atoms with Crippen LogP contribution < -0.4 is 16.0 Å². The molecule has 0 aromatic heterocycles. The van der Waals surface area contributed by atoms with Gasteiger partial charge in [-0.25, -0.2) is 0 Å². The smallest absolute Gasteiger partial charge is 0.122 e. The van der Waals surface area contributed by atoms with Crippen molar-refractivity contribution in [1.29, 1.82) is 0 Å². The number of rotatable bonds is 5. The first-order chi connectivity index (χ1) is 9.63. The van der Waals surface area contributed by atoms with Crippen molar-refractivity contribution in [3.8, 4) is 5.75 Å². The number of aryl methyl sites for hydroxylation is 1. The van der Waals surface area contributed by atoms with Crippen LogP contribution in [0, 0.1) is 6.92 Å². The number of nitrogens with two attached hydrogens (primary N) is 1. The Bertz CT molecular complexity index is 586. The Morgan fingerprint density at radius 1 is 1.25 bits per heavy atom. The predicted octanol–water partition coefficient (Wildman–Crippen LogP) is 3.51. The highest BCUT2D eigenvalue weighted by Crippen LogP contribution is 2.25. The Balaban J connectivity index is 2.24. The van der Waals surface area contributed by atoms with Crippen molar-refractivity contribution in [2.24, 2.45) is 5.84 Å². The van der Waals surface area contributed by atoms with Gasteiger partial charge in [-0.2, -0.15) is 0 Å². The fourth-order valence-electron chi connectivity index (χ4n) is 2.23. The van der Waals surface area contributed by atoms with Gasteiger partial charge in [0.2, 0.25) is 0 Å². The van der Waals surface area contributed by atoms with Crippen LogP contribution in [0.15, 0.2) is 46.9 Å². The van der Waals surface area contributed by atoms with Crippen molar-refractivity contribution >= 4 is 15.9 Å². The van der Waals surface area contributed by atoms with Crippen LogP contribution >= 0.6 is 15.9 Å². The Labute approximate surface area is 128 Å². The minimum atomic E-state index is 0.0544. The topological polar surface area (TPSA) is 47.3 Å². The number of halogens is 1. The second-order valence-electron chi connectivity index (χ2n) is 4.78. The minimum Gasteiger partial charge on any atom is -0.496 e. The fourth-order valence-corrected chi connectivity index (χ4v) is 2.67. The number of hydrogen-bond donors (Lipinski definition) is 2. The summed E-state index contributed by atoms with van der Waals surface area (Å²) in [5.41, 5.74) is 6.35. The first-order valence-corrected chi connectivity index (χ1v) is 7.28. The molecule has 20 heavy (non-hydrogen) atoms. The quantitative estimate of drug-likeness (QED) is 0.649. The van der Waals surface area contributed by atoms with Crippen molar-refractivity contribution in [2.45, 2.75) is 19.4 Å². The summed E-state index contributed by atoms with van der Waals surface area (Å²) >= 11 is 3.49. The Hall–Kier alpha value is -1.36. The van der Waals surface area contributed by atoms with Crippen molar-refractivity contribution in [2.75, 3.05) is 7.11 Å². The summed E-state index contributed by atoms with van der Waals surface area (Å²) in [6.45, 7) is 2.03. The molecule has 1 atom stereocenters. The summed E-state index contributed by atoms with van der Waals surface area (Å²) in [6.07, 6.45) is 0.822. The van der Waals surface area contributed by atoms with Gasteiger partial charge in [-0.15, -0.1) is 0 Å². The summed E-state index contributed by atoms with van der Waals surface area (Å²) < 4.78 is 6.45. The van der Waals surface area contributed by atoms with E-state index in [2.05, 4.69) is 45.6 Å². The molecule has 0 aliphatic heterocycles. The Morgan fingerprint density at radius 2 is 2.05 bits per heavy atom. The van der Waals surface area contributed by atoms with E-state index in [9.17, 15) is 0 Å². The van der Waals surface area contributed by atoms with Crippen LogP contribution in [0.5, 0.6) is 5.75 Å². The monoisotopic (exact) mass is 334 g/mol. The van der Waals surface area contributed by atoms with E-state index >= 15 is 0 Å². The predicted molar refractivity (Wildman–Crippen MR) is 85.6 cm³/mol. The SMILES string of the molecule is COc1cc(C(Cc2cccc(Br)c2)NN)ccc1C. The number of nitrogens with one attached hydrogen (secondary N) is 1. The first kappa shape index (κ1) is 15.0.